The van der Waals surface area contributed by atoms with Gasteiger partial charge in [0.15, 0.2) is 0 Å². The molecule has 0 radical (unpaired) electrons. The van der Waals surface area contributed by atoms with Crippen LogP contribution in [-0.4, -0.2) is 0 Å². The van der Waals surface area contributed by atoms with Gasteiger partial charge in [-0.3, -0.25) is 0 Å². The van der Waals surface area contributed by atoms with Gasteiger partial charge in [-0.25, -0.2) is 0 Å². The lowest BCUT2D eigenvalue weighted by atomic mass is 9.98. The maximum absolute atomic E-state index is 2.45. The molecule has 0 N–H and O–H groups in total. The normalized spacial score (nSPS) is 10.9. The Hall–Kier alpha value is -5.08. The Balaban J connectivity index is 1.69. The van der Waals surface area contributed by atoms with Crippen molar-refractivity contribution in [1.82, 2.24) is 0 Å². The summed E-state index contributed by atoms with van der Waals surface area (Å²) in [6.45, 7) is 8.94. The van der Waals surface area contributed by atoms with Crippen molar-refractivity contribution in [3.8, 4) is 11.1 Å². The molecule has 44 heavy (non-hydrogen) atoms. The lowest BCUT2D eigenvalue weighted by Crippen LogP contribution is -2.17. The molecule has 0 amide bonds. The molecule has 218 valence electrons. The van der Waals surface area contributed by atoms with E-state index in [9.17, 15) is 0 Å². The van der Waals surface area contributed by atoms with Gasteiger partial charge in [0.2, 0.25) is 0 Å². The summed E-state index contributed by atoms with van der Waals surface area (Å²) in [5.41, 5.74) is 14.6. The molecule has 0 bridgehead atoms. The van der Waals surface area contributed by atoms with Crippen LogP contribution in [0.2, 0.25) is 0 Å². The van der Waals surface area contributed by atoms with Gasteiger partial charge in [-0.15, -0.1) is 0 Å². The topological polar surface area (TPSA) is 6.48 Å². The maximum atomic E-state index is 2.45. The highest BCUT2D eigenvalue weighted by Crippen LogP contribution is 2.46. The molecule has 0 aliphatic carbocycles. The molecular formula is C42H40N2. The third-order valence-corrected chi connectivity index (χ3v) is 8.41. The van der Waals surface area contributed by atoms with Crippen molar-refractivity contribution in [2.75, 3.05) is 9.80 Å². The van der Waals surface area contributed by atoms with Crippen LogP contribution in [0, 0.1) is 13.8 Å². The number of para-hydroxylation sites is 4. The monoisotopic (exact) mass is 572 g/mol. The number of hydrogen-bond acceptors (Lipinski definition) is 2. The van der Waals surface area contributed by atoms with Crippen molar-refractivity contribution in [1.29, 1.82) is 0 Å². The van der Waals surface area contributed by atoms with Gasteiger partial charge < -0.3 is 9.80 Å². The Kier molecular flexibility index (Phi) is 8.61. The fraction of sp³-hybridized carbons (Fsp3) is 0.143. The summed E-state index contributed by atoms with van der Waals surface area (Å²) < 4.78 is 0. The highest BCUT2D eigenvalue weighted by atomic mass is 15.2. The van der Waals surface area contributed by atoms with Crippen LogP contribution < -0.4 is 9.80 Å². The SMILES string of the molecule is CCc1cccc(C)c1N(c1ccccc1)c1cc(-c2ccccc2)cc(N(c2ccccc2)c2c(C)cccc2CC)c1. The Bertz CT molecular complexity index is 1730. The lowest BCUT2D eigenvalue weighted by molar-refractivity contribution is 1.09. The van der Waals surface area contributed by atoms with Crippen molar-refractivity contribution in [2.24, 2.45) is 0 Å². The van der Waals surface area contributed by atoms with Crippen molar-refractivity contribution in [3.05, 3.63) is 168 Å². The van der Waals surface area contributed by atoms with Gasteiger partial charge in [0, 0.05) is 22.7 Å². The molecule has 6 rings (SSSR count). The summed E-state index contributed by atoms with van der Waals surface area (Å²) in [4.78, 5) is 4.90. The number of rotatable bonds is 9. The number of hydrogen-bond donors (Lipinski definition) is 0. The highest BCUT2D eigenvalue weighted by molar-refractivity contribution is 5.89. The number of benzene rings is 6. The van der Waals surface area contributed by atoms with Gasteiger partial charge in [-0.2, -0.15) is 0 Å². The quantitative estimate of drug-likeness (QED) is 0.170. The second kappa shape index (κ2) is 13.1. The Morgan fingerprint density at radius 1 is 0.386 bits per heavy atom. The first kappa shape index (κ1) is 29.0. The van der Waals surface area contributed by atoms with Gasteiger partial charge in [0.1, 0.15) is 0 Å². The number of anilines is 6. The van der Waals surface area contributed by atoms with Gasteiger partial charge in [-0.05, 0) is 103 Å². The molecule has 0 aromatic heterocycles. The van der Waals surface area contributed by atoms with Crippen LogP contribution in [0.3, 0.4) is 0 Å². The standard InChI is InChI=1S/C42H40N2/c1-5-33-22-16-18-31(3)41(33)43(37-24-12-8-13-25-37)39-28-36(35-20-10-7-11-21-35)29-40(30-39)44(38-26-14-9-15-27-38)42-32(4)19-17-23-34(42)6-2/h7-30H,5-6H2,1-4H3. The molecule has 0 unspecified atom stereocenters. The van der Waals surface area contributed by atoms with Crippen LogP contribution in [0.15, 0.2) is 146 Å². The average Bonchev–Trinajstić information content (AvgIpc) is 3.08. The molecule has 0 saturated heterocycles. The molecule has 0 heterocycles. The molecule has 2 nitrogen and oxygen atoms in total. The van der Waals surface area contributed by atoms with E-state index in [1.807, 2.05) is 0 Å². The predicted octanol–water partition coefficient (Wildman–Crippen LogP) is 12.0. The van der Waals surface area contributed by atoms with E-state index in [-0.39, 0.29) is 0 Å². The fourth-order valence-corrected chi connectivity index (χ4v) is 6.27. The third kappa shape index (κ3) is 5.76. The van der Waals surface area contributed by atoms with E-state index in [1.165, 1.54) is 44.8 Å². The molecule has 2 heteroatoms. The molecular weight excluding hydrogens is 532 g/mol. The largest absolute Gasteiger partial charge is 0.310 e. The Morgan fingerprint density at radius 2 is 0.795 bits per heavy atom. The van der Waals surface area contributed by atoms with Crippen LogP contribution in [0.25, 0.3) is 11.1 Å². The van der Waals surface area contributed by atoms with Crippen LogP contribution in [0.1, 0.15) is 36.1 Å². The minimum atomic E-state index is 0.949. The summed E-state index contributed by atoms with van der Waals surface area (Å²) in [7, 11) is 0. The zero-order chi connectivity index (χ0) is 30.5. The average molecular weight is 573 g/mol. The lowest BCUT2D eigenvalue weighted by Gasteiger charge is -2.33. The molecule has 0 fully saturated rings. The van der Waals surface area contributed by atoms with Crippen molar-refractivity contribution in [2.45, 2.75) is 40.5 Å². The summed E-state index contributed by atoms with van der Waals surface area (Å²) in [6.07, 6.45) is 1.90. The fourth-order valence-electron chi connectivity index (χ4n) is 6.27. The first-order chi connectivity index (χ1) is 21.6. The van der Waals surface area contributed by atoms with Gasteiger partial charge in [0.05, 0.1) is 11.4 Å². The Morgan fingerprint density at radius 3 is 1.20 bits per heavy atom. The van der Waals surface area contributed by atoms with Gasteiger partial charge in [0.25, 0.3) is 0 Å². The highest BCUT2D eigenvalue weighted by Gasteiger charge is 2.23. The maximum Gasteiger partial charge on any atom is 0.0522 e. The van der Waals surface area contributed by atoms with Crippen LogP contribution in [0.5, 0.6) is 0 Å². The van der Waals surface area contributed by atoms with Crippen molar-refractivity contribution < 1.29 is 0 Å². The second-order valence-electron chi connectivity index (χ2n) is 11.3. The molecule has 0 aliphatic rings. The minimum Gasteiger partial charge on any atom is -0.310 e. The zero-order valence-corrected chi connectivity index (χ0v) is 26.2. The summed E-state index contributed by atoms with van der Waals surface area (Å²) in [6, 6.07) is 52.7. The minimum absolute atomic E-state index is 0.949. The van der Waals surface area contributed by atoms with Crippen LogP contribution in [-0.2, 0) is 12.8 Å². The van der Waals surface area contributed by atoms with E-state index >= 15 is 0 Å². The zero-order valence-electron chi connectivity index (χ0n) is 26.2. The van der Waals surface area contributed by atoms with E-state index in [0.29, 0.717) is 0 Å². The van der Waals surface area contributed by atoms with Gasteiger partial charge >= 0.3 is 0 Å². The molecule has 6 aromatic rings. The molecule has 0 saturated carbocycles. The summed E-state index contributed by atoms with van der Waals surface area (Å²) in [5.74, 6) is 0. The van der Waals surface area contributed by atoms with E-state index in [2.05, 4.69) is 183 Å². The van der Waals surface area contributed by atoms with E-state index in [1.54, 1.807) is 0 Å². The third-order valence-electron chi connectivity index (χ3n) is 8.41. The second-order valence-corrected chi connectivity index (χ2v) is 11.3. The van der Waals surface area contributed by atoms with E-state index in [4.69, 9.17) is 0 Å². The van der Waals surface area contributed by atoms with E-state index < -0.39 is 0 Å². The number of nitrogens with zero attached hydrogens (tertiary/aromatic N) is 2. The first-order valence-electron chi connectivity index (χ1n) is 15.7. The number of aryl methyl sites for hydroxylation is 4. The molecule has 0 aliphatic heterocycles. The summed E-state index contributed by atoms with van der Waals surface area (Å²) >= 11 is 0. The van der Waals surface area contributed by atoms with Crippen molar-refractivity contribution >= 4 is 34.1 Å². The molecule has 0 atom stereocenters. The predicted molar refractivity (Wildman–Crippen MR) is 189 cm³/mol. The smallest absolute Gasteiger partial charge is 0.0522 e. The van der Waals surface area contributed by atoms with Crippen LogP contribution in [0.4, 0.5) is 34.1 Å². The first-order valence-corrected chi connectivity index (χ1v) is 15.7. The summed E-state index contributed by atoms with van der Waals surface area (Å²) in [5, 5.41) is 0. The Labute approximate surface area is 262 Å². The van der Waals surface area contributed by atoms with E-state index in [0.717, 1.165) is 35.6 Å². The molecule has 6 aromatic carbocycles. The van der Waals surface area contributed by atoms with Gasteiger partial charge in [-0.1, -0.05) is 117 Å². The molecule has 0 spiro atoms. The van der Waals surface area contributed by atoms with Crippen molar-refractivity contribution in [3.63, 3.8) is 0 Å². The van der Waals surface area contributed by atoms with Crippen LogP contribution >= 0.6 is 0 Å².